The quantitative estimate of drug-likeness (QED) is 0.508. The first-order valence-electron chi connectivity index (χ1n) is 9.65. The van der Waals surface area contributed by atoms with Gasteiger partial charge in [-0.05, 0) is 48.1 Å². The molecule has 0 N–H and O–H groups in total. The first kappa shape index (κ1) is 18.5. The van der Waals surface area contributed by atoms with Crippen LogP contribution in [0.1, 0.15) is 63.9 Å². The van der Waals surface area contributed by atoms with Crippen LogP contribution in [0.2, 0.25) is 5.02 Å². The highest BCUT2D eigenvalue weighted by molar-refractivity contribution is 6.30. The number of hydrogen-bond acceptors (Lipinski definition) is 1. The monoisotopic (exact) mass is 356 g/mol. The number of benzene rings is 2. The van der Waals surface area contributed by atoms with Gasteiger partial charge in [-0.3, -0.25) is 0 Å². The zero-order valence-corrected chi connectivity index (χ0v) is 16.2. The number of halogens is 1. The molecule has 2 atom stereocenters. The molecule has 1 aliphatic rings. The van der Waals surface area contributed by atoms with Gasteiger partial charge in [0.15, 0.2) is 0 Å². The number of hydrogen-bond donors (Lipinski definition) is 0. The Bertz CT molecular complexity index is 679. The van der Waals surface area contributed by atoms with Crippen LogP contribution in [0.3, 0.4) is 0 Å². The van der Waals surface area contributed by atoms with Crippen LogP contribution >= 0.6 is 11.6 Å². The predicted octanol–water partition coefficient (Wildman–Crippen LogP) is 7.24. The van der Waals surface area contributed by atoms with Crippen LogP contribution in [-0.2, 0) is 4.74 Å². The van der Waals surface area contributed by atoms with Crippen LogP contribution in [0, 0.1) is 0 Å². The number of ether oxygens (including phenoxy) is 1. The van der Waals surface area contributed by atoms with E-state index >= 15 is 0 Å². The zero-order chi connectivity index (χ0) is 17.7. The summed E-state index contributed by atoms with van der Waals surface area (Å²) < 4.78 is 6.39. The van der Waals surface area contributed by atoms with E-state index in [0.717, 1.165) is 18.1 Å². The van der Waals surface area contributed by atoms with E-state index in [1.54, 1.807) is 0 Å². The maximum Gasteiger partial charge on any atom is 0.0689 e. The van der Waals surface area contributed by atoms with Crippen LogP contribution < -0.4 is 0 Å². The van der Waals surface area contributed by atoms with Crippen molar-refractivity contribution in [3.63, 3.8) is 0 Å². The summed E-state index contributed by atoms with van der Waals surface area (Å²) in [6.07, 6.45) is 7.24. The largest absolute Gasteiger partial charge is 0.374 e. The Morgan fingerprint density at radius 1 is 1.00 bits per heavy atom. The van der Waals surface area contributed by atoms with E-state index in [1.165, 1.54) is 48.8 Å². The van der Waals surface area contributed by atoms with Gasteiger partial charge in [0, 0.05) is 10.9 Å². The van der Waals surface area contributed by atoms with Gasteiger partial charge in [-0.1, -0.05) is 81.1 Å². The topological polar surface area (TPSA) is 9.23 Å². The third kappa shape index (κ3) is 4.46. The lowest BCUT2D eigenvalue weighted by Crippen LogP contribution is -2.27. The summed E-state index contributed by atoms with van der Waals surface area (Å²) >= 11 is 6.02. The molecule has 0 saturated carbocycles. The van der Waals surface area contributed by atoms with E-state index in [-0.39, 0.29) is 5.60 Å². The Morgan fingerprint density at radius 2 is 1.80 bits per heavy atom. The minimum absolute atomic E-state index is 0.103. The third-order valence-corrected chi connectivity index (χ3v) is 5.69. The molecule has 1 heterocycles. The first-order valence-corrected chi connectivity index (χ1v) is 10.0. The second-order valence-electron chi connectivity index (χ2n) is 7.38. The maximum atomic E-state index is 6.39. The summed E-state index contributed by atoms with van der Waals surface area (Å²) in [7, 11) is 0. The molecule has 2 unspecified atom stereocenters. The first-order chi connectivity index (χ1) is 12.2. The van der Waals surface area contributed by atoms with E-state index in [2.05, 4.69) is 50.2 Å². The van der Waals surface area contributed by atoms with Gasteiger partial charge in [0.05, 0.1) is 12.2 Å². The van der Waals surface area contributed by atoms with Crippen LogP contribution in [0.5, 0.6) is 0 Å². The molecule has 0 aromatic heterocycles. The number of rotatable bonds is 7. The highest BCUT2D eigenvalue weighted by Crippen LogP contribution is 2.43. The van der Waals surface area contributed by atoms with Crippen LogP contribution in [0.4, 0.5) is 0 Å². The van der Waals surface area contributed by atoms with Crippen LogP contribution in [0.15, 0.2) is 48.5 Å². The lowest BCUT2D eigenvalue weighted by molar-refractivity contribution is -0.0120. The maximum absolute atomic E-state index is 6.39. The second kappa shape index (κ2) is 8.38. The summed E-state index contributed by atoms with van der Waals surface area (Å²) in [4.78, 5) is 0. The average molecular weight is 357 g/mol. The summed E-state index contributed by atoms with van der Waals surface area (Å²) in [6.45, 7) is 5.39. The van der Waals surface area contributed by atoms with Gasteiger partial charge in [-0.25, -0.2) is 0 Å². The Hall–Kier alpha value is -1.31. The van der Waals surface area contributed by atoms with Gasteiger partial charge in [0.2, 0.25) is 0 Å². The van der Waals surface area contributed by atoms with Crippen molar-refractivity contribution in [3.05, 3.63) is 59.1 Å². The van der Waals surface area contributed by atoms with Gasteiger partial charge >= 0.3 is 0 Å². The molecule has 1 nitrogen and oxygen atoms in total. The Balaban J connectivity index is 1.78. The van der Waals surface area contributed by atoms with Crippen molar-refractivity contribution in [2.45, 2.75) is 63.9 Å². The predicted molar refractivity (Wildman–Crippen MR) is 107 cm³/mol. The molecule has 0 aliphatic carbocycles. The Morgan fingerprint density at radius 3 is 2.52 bits per heavy atom. The highest BCUT2D eigenvalue weighted by atomic mass is 35.5. The SMILES string of the molecule is CCCCC1(CCC)CC(c2cccc(-c3ccc(Cl)cc3)c2)CO1. The zero-order valence-electron chi connectivity index (χ0n) is 15.4. The standard InChI is InChI=1S/C23H29ClO/c1-3-5-14-23(13-4-2)16-21(17-25-23)20-8-6-7-19(15-20)18-9-11-22(24)12-10-18/h6-12,15,21H,3-5,13-14,16-17H2,1-2H3. The van der Waals surface area contributed by atoms with E-state index in [4.69, 9.17) is 16.3 Å². The van der Waals surface area contributed by atoms with Crippen LogP contribution in [0.25, 0.3) is 11.1 Å². The molecule has 134 valence electrons. The van der Waals surface area contributed by atoms with Gasteiger partial charge in [-0.15, -0.1) is 0 Å². The fourth-order valence-corrected chi connectivity index (χ4v) is 4.23. The Kier molecular flexibility index (Phi) is 6.19. The van der Waals surface area contributed by atoms with E-state index in [0.29, 0.717) is 5.92 Å². The molecule has 2 aromatic rings. The van der Waals surface area contributed by atoms with Crippen molar-refractivity contribution in [2.75, 3.05) is 6.61 Å². The molecule has 0 bridgehead atoms. The second-order valence-corrected chi connectivity index (χ2v) is 7.82. The molecular weight excluding hydrogens is 328 g/mol. The molecule has 1 aliphatic heterocycles. The summed E-state index contributed by atoms with van der Waals surface area (Å²) in [5.41, 5.74) is 3.99. The molecule has 0 radical (unpaired) electrons. The average Bonchev–Trinajstić information content (AvgIpc) is 3.06. The van der Waals surface area contributed by atoms with Gasteiger partial charge in [0.25, 0.3) is 0 Å². The van der Waals surface area contributed by atoms with Crippen molar-refractivity contribution >= 4 is 11.6 Å². The third-order valence-electron chi connectivity index (χ3n) is 5.44. The molecule has 1 saturated heterocycles. The number of unbranched alkanes of at least 4 members (excludes halogenated alkanes) is 1. The normalized spacial score (nSPS) is 23.1. The molecule has 1 fully saturated rings. The van der Waals surface area contributed by atoms with Crippen molar-refractivity contribution in [2.24, 2.45) is 0 Å². The van der Waals surface area contributed by atoms with E-state index < -0.39 is 0 Å². The summed E-state index contributed by atoms with van der Waals surface area (Å²) in [5, 5.41) is 0.782. The van der Waals surface area contributed by atoms with Gasteiger partial charge in [-0.2, -0.15) is 0 Å². The van der Waals surface area contributed by atoms with E-state index in [1.807, 2.05) is 12.1 Å². The van der Waals surface area contributed by atoms with Crippen molar-refractivity contribution in [1.82, 2.24) is 0 Å². The highest BCUT2D eigenvalue weighted by Gasteiger charge is 2.39. The van der Waals surface area contributed by atoms with Crippen molar-refractivity contribution in [1.29, 1.82) is 0 Å². The molecule has 2 aromatic carbocycles. The fourth-order valence-electron chi connectivity index (χ4n) is 4.10. The van der Waals surface area contributed by atoms with Crippen molar-refractivity contribution < 1.29 is 4.74 Å². The summed E-state index contributed by atoms with van der Waals surface area (Å²) in [6, 6.07) is 17.0. The smallest absolute Gasteiger partial charge is 0.0689 e. The van der Waals surface area contributed by atoms with E-state index in [9.17, 15) is 0 Å². The molecule has 0 spiro atoms. The van der Waals surface area contributed by atoms with Crippen LogP contribution in [-0.4, -0.2) is 12.2 Å². The Labute approximate surface area is 157 Å². The van der Waals surface area contributed by atoms with Crippen molar-refractivity contribution in [3.8, 4) is 11.1 Å². The minimum Gasteiger partial charge on any atom is -0.374 e. The molecular formula is C23H29ClO. The minimum atomic E-state index is 0.103. The van der Waals surface area contributed by atoms with Gasteiger partial charge < -0.3 is 4.74 Å². The lowest BCUT2D eigenvalue weighted by atomic mass is 9.83. The molecule has 0 amide bonds. The summed E-state index contributed by atoms with van der Waals surface area (Å²) in [5.74, 6) is 0.510. The molecule has 3 rings (SSSR count). The lowest BCUT2D eigenvalue weighted by Gasteiger charge is -2.28. The van der Waals surface area contributed by atoms with Gasteiger partial charge in [0.1, 0.15) is 0 Å². The fraction of sp³-hybridized carbons (Fsp3) is 0.478. The molecule has 25 heavy (non-hydrogen) atoms. The molecule has 2 heteroatoms.